The molecule has 0 atom stereocenters. The zero-order chi connectivity index (χ0) is 13.8. The molecule has 1 aliphatic rings. The SMILES string of the molecule is C#CCNC1=CC(=O)c2cccc(OCC)c2C1=O. The molecule has 0 aliphatic heterocycles. The van der Waals surface area contributed by atoms with E-state index in [0.29, 0.717) is 23.5 Å². The summed E-state index contributed by atoms with van der Waals surface area (Å²) in [5.74, 6) is 2.29. The maximum absolute atomic E-state index is 12.3. The molecule has 1 aromatic carbocycles. The lowest BCUT2D eigenvalue weighted by Gasteiger charge is -2.18. The first-order chi connectivity index (χ1) is 9.19. The lowest BCUT2D eigenvalue weighted by atomic mass is 9.92. The molecule has 0 saturated heterocycles. The number of ether oxygens (including phenoxy) is 1. The van der Waals surface area contributed by atoms with Crippen molar-refractivity contribution in [2.75, 3.05) is 13.2 Å². The van der Waals surface area contributed by atoms with Crippen LogP contribution < -0.4 is 10.1 Å². The van der Waals surface area contributed by atoms with Crippen LogP contribution in [0.5, 0.6) is 5.75 Å². The van der Waals surface area contributed by atoms with Gasteiger partial charge in [0.25, 0.3) is 0 Å². The number of benzene rings is 1. The van der Waals surface area contributed by atoms with Crippen molar-refractivity contribution in [3.05, 3.63) is 41.1 Å². The van der Waals surface area contributed by atoms with Crippen LogP contribution in [-0.2, 0) is 0 Å². The van der Waals surface area contributed by atoms with Crippen LogP contribution in [0.1, 0.15) is 27.6 Å². The number of ketones is 2. The minimum Gasteiger partial charge on any atom is -0.493 e. The fourth-order valence-electron chi connectivity index (χ4n) is 1.93. The fraction of sp³-hybridized carbons (Fsp3) is 0.200. The molecule has 0 bridgehead atoms. The molecule has 0 saturated carbocycles. The minimum atomic E-state index is -0.270. The zero-order valence-electron chi connectivity index (χ0n) is 10.5. The number of allylic oxidation sites excluding steroid dienone is 2. The Labute approximate surface area is 111 Å². The van der Waals surface area contributed by atoms with E-state index in [2.05, 4.69) is 11.2 Å². The lowest BCUT2D eigenvalue weighted by Crippen LogP contribution is -2.27. The second kappa shape index (κ2) is 5.40. The van der Waals surface area contributed by atoms with E-state index in [1.165, 1.54) is 6.08 Å². The first-order valence-electron chi connectivity index (χ1n) is 5.93. The van der Waals surface area contributed by atoms with Gasteiger partial charge in [0, 0.05) is 11.6 Å². The molecule has 0 heterocycles. The number of hydrogen-bond donors (Lipinski definition) is 1. The van der Waals surface area contributed by atoms with Crippen molar-refractivity contribution in [1.82, 2.24) is 5.32 Å². The van der Waals surface area contributed by atoms with E-state index in [4.69, 9.17) is 11.2 Å². The lowest BCUT2D eigenvalue weighted by molar-refractivity contribution is 0.0975. The number of fused-ring (bicyclic) bond motifs is 1. The van der Waals surface area contributed by atoms with Crippen LogP contribution in [0.4, 0.5) is 0 Å². The summed E-state index contributed by atoms with van der Waals surface area (Å²) in [7, 11) is 0. The van der Waals surface area contributed by atoms with Gasteiger partial charge in [0.1, 0.15) is 5.75 Å². The van der Waals surface area contributed by atoms with Crippen molar-refractivity contribution in [1.29, 1.82) is 0 Å². The summed E-state index contributed by atoms with van der Waals surface area (Å²) in [6.45, 7) is 2.44. The van der Waals surface area contributed by atoms with Gasteiger partial charge >= 0.3 is 0 Å². The topological polar surface area (TPSA) is 55.4 Å². The van der Waals surface area contributed by atoms with Crippen molar-refractivity contribution < 1.29 is 14.3 Å². The molecule has 0 spiro atoms. The van der Waals surface area contributed by atoms with Gasteiger partial charge in [0.2, 0.25) is 5.78 Å². The summed E-state index contributed by atoms with van der Waals surface area (Å²) >= 11 is 0. The van der Waals surface area contributed by atoms with E-state index < -0.39 is 0 Å². The Kier molecular flexibility index (Phi) is 3.67. The molecule has 4 heteroatoms. The number of rotatable bonds is 4. The van der Waals surface area contributed by atoms with Gasteiger partial charge in [-0.3, -0.25) is 9.59 Å². The third-order valence-electron chi connectivity index (χ3n) is 2.72. The summed E-state index contributed by atoms with van der Waals surface area (Å²) in [5, 5.41) is 2.76. The highest BCUT2D eigenvalue weighted by atomic mass is 16.5. The Balaban J connectivity index is 2.46. The average Bonchev–Trinajstić information content (AvgIpc) is 2.41. The highest BCUT2D eigenvalue weighted by molar-refractivity contribution is 6.25. The van der Waals surface area contributed by atoms with E-state index in [9.17, 15) is 9.59 Å². The Morgan fingerprint density at radius 3 is 2.84 bits per heavy atom. The monoisotopic (exact) mass is 255 g/mol. The first-order valence-corrected chi connectivity index (χ1v) is 5.93. The van der Waals surface area contributed by atoms with Crippen LogP contribution >= 0.6 is 0 Å². The van der Waals surface area contributed by atoms with E-state index >= 15 is 0 Å². The van der Waals surface area contributed by atoms with Gasteiger partial charge in [-0.05, 0) is 13.0 Å². The summed E-state index contributed by atoms with van der Waals surface area (Å²) < 4.78 is 5.41. The molecular weight excluding hydrogens is 242 g/mol. The second-order valence-electron chi connectivity index (χ2n) is 3.92. The van der Waals surface area contributed by atoms with Crippen molar-refractivity contribution in [3.63, 3.8) is 0 Å². The number of terminal acetylenes is 1. The van der Waals surface area contributed by atoms with E-state index in [0.717, 1.165) is 0 Å². The zero-order valence-corrected chi connectivity index (χ0v) is 10.5. The quantitative estimate of drug-likeness (QED) is 0.830. The summed E-state index contributed by atoms with van der Waals surface area (Å²) in [4.78, 5) is 24.3. The van der Waals surface area contributed by atoms with Crippen molar-refractivity contribution in [2.24, 2.45) is 0 Å². The van der Waals surface area contributed by atoms with E-state index in [1.54, 1.807) is 18.2 Å². The van der Waals surface area contributed by atoms with Gasteiger partial charge in [-0.2, -0.15) is 0 Å². The number of carbonyl (C=O) groups is 2. The van der Waals surface area contributed by atoms with Crippen LogP contribution in [0.3, 0.4) is 0 Å². The molecule has 0 amide bonds. The van der Waals surface area contributed by atoms with Crippen molar-refractivity contribution >= 4 is 11.6 Å². The molecule has 19 heavy (non-hydrogen) atoms. The predicted molar refractivity (Wildman–Crippen MR) is 71.2 cm³/mol. The van der Waals surface area contributed by atoms with Crippen molar-refractivity contribution in [3.8, 4) is 18.1 Å². The third-order valence-corrected chi connectivity index (χ3v) is 2.72. The Bertz CT molecular complexity index is 608. The molecule has 1 N–H and O–H groups in total. The highest BCUT2D eigenvalue weighted by Crippen LogP contribution is 2.28. The van der Waals surface area contributed by atoms with Crippen LogP contribution in [0.2, 0.25) is 0 Å². The van der Waals surface area contributed by atoms with Crippen LogP contribution in [0.25, 0.3) is 0 Å². The van der Waals surface area contributed by atoms with Gasteiger partial charge in [0.15, 0.2) is 5.78 Å². The van der Waals surface area contributed by atoms with Gasteiger partial charge < -0.3 is 10.1 Å². The third kappa shape index (κ3) is 2.36. The maximum Gasteiger partial charge on any atom is 0.213 e. The molecule has 1 aromatic rings. The second-order valence-corrected chi connectivity index (χ2v) is 3.92. The number of hydrogen-bond acceptors (Lipinski definition) is 4. The predicted octanol–water partition coefficient (Wildman–Crippen LogP) is 1.57. The van der Waals surface area contributed by atoms with Crippen LogP contribution in [0.15, 0.2) is 30.0 Å². The number of carbonyl (C=O) groups excluding carboxylic acids is 2. The molecule has 0 fully saturated rings. The molecule has 4 nitrogen and oxygen atoms in total. The van der Waals surface area contributed by atoms with Crippen LogP contribution in [-0.4, -0.2) is 24.7 Å². The Morgan fingerprint density at radius 2 is 2.16 bits per heavy atom. The molecule has 0 unspecified atom stereocenters. The molecule has 1 aliphatic carbocycles. The summed E-state index contributed by atoms with van der Waals surface area (Å²) in [6, 6.07) is 4.99. The minimum absolute atomic E-state index is 0.191. The standard InChI is InChI=1S/C15H13NO3/c1-3-8-16-11-9-12(17)10-6-5-7-13(19-4-2)14(10)15(11)18/h1,5-7,9,16H,4,8H2,2H3. The van der Waals surface area contributed by atoms with Crippen LogP contribution in [0, 0.1) is 12.3 Å². The summed E-state index contributed by atoms with van der Waals surface area (Å²) in [6.07, 6.45) is 6.41. The molecule has 96 valence electrons. The van der Waals surface area contributed by atoms with Gasteiger partial charge in [0.05, 0.1) is 24.4 Å². The van der Waals surface area contributed by atoms with E-state index in [-0.39, 0.29) is 23.8 Å². The maximum atomic E-state index is 12.3. The average molecular weight is 255 g/mol. The Hall–Kier alpha value is -2.54. The summed E-state index contributed by atoms with van der Waals surface area (Å²) in [5.41, 5.74) is 0.876. The molecule has 0 aromatic heterocycles. The highest BCUT2D eigenvalue weighted by Gasteiger charge is 2.28. The van der Waals surface area contributed by atoms with Gasteiger partial charge in [-0.25, -0.2) is 0 Å². The smallest absolute Gasteiger partial charge is 0.213 e. The molecule has 0 radical (unpaired) electrons. The fourth-order valence-corrected chi connectivity index (χ4v) is 1.93. The van der Waals surface area contributed by atoms with Gasteiger partial charge in [-0.15, -0.1) is 6.42 Å². The molecule has 2 rings (SSSR count). The number of Topliss-reactive ketones (excluding diaryl/α,β-unsaturated/α-hetero) is 1. The molecular formula is C15H13NO3. The first kappa shape index (κ1) is 12.9. The van der Waals surface area contributed by atoms with Gasteiger partial charge in [-0.1, -0.05) is 18.1 Å². The normalized spacial score (nSPS) is 13.4. The van der Waals surface area contributed by atoms with E-state index in [1.807, 2.05) is 6.92 Å². The Morgan fingerprint density at radius 1 is 1.37 bits per heavy atom. The largest absolute Gasteiger partial charge is 0.493 e. The number of nitrogens with one attached hydrogen (secondary N) is 1. The van der Waals surface area contributed by atoms with Crippen molar-refractivity contribution in [2.45, 2.75) is 6.92 Å².